The van der Waals surface area contributed by atoms with Crippen molar-refractivity contribution in [1.29, 1.82) is 0 Å². The molecule has 0 aromatic carbocycles. The Labute approximate surface area is 118 Å². The molecule has 1 amide bonds. The minimum absolute atomic E-state index is 0.0211. The van der Waals surface area contributed by atoms with E-state index < -0.39 is 0 Å². The zero-order valence-electron chi connectivity index (χ0n) is 13.1. The van der Waals surface area contributed by atoms with Gasteiger partial charge in [-0.2, -0.15) is 0 Å². The van der Waals surface area contributed by atoms with Crippen LogP contribution in [0.15, 0.2) is 0 Å². The molecule has 0 radical (unpaired) electrons. The van der Waals surface area contributed by atoms with E-state index >= 15 is 0 Å². The third kappa shape index (κ3) is 5.52. The van der Waals surface area contributed by atoms with Crippen LogP contribution in [0.5, 0.6) is 0 Å². The number of carbonyl (C=O) groups is 1. The van der Waals surface area contributed by atoms with Crippen LogP contribution >= 0.6 is 0 Å². The van der Waals surface area contributed by atoms with Crippen molar-refractivity contribution >= 4 is 5.91 Å². The lowest BCUT2D eigenvalue weighted by atomic mass is 9.88. The van der Waals surface area contributed by atoms with Crippen molar-refractivity contribution in [1.82, 2.24) is 4.90 Å². The van der Waals surface area contributed by atoms with E-state index in [4.69, 9.17) is 5.73 Å². The molecular weight excluding hydrogens is 236 g/mol. The van der Waals surface area contributed by atoms with E-state index in [1.54, 1.807) is 0 Å². The van der Waals surface area contributed by atoms with Gasteiger partial charge in [0.15, 0.2) is 0 Å². The Bertz CT molecular complexity index is 268. The molecule has 19 heavy (non-hydrogen) atoms. The van der Waals surface area contributed by atoms with Gasteiger partial charge in [-0.05, 0) is 31.7 Å². The van der Waals surface area contributed by atoms with Crippen LogP contribution in [0.3, 0.4) is 0 Å². The van der Waals surface area contributed by atoms with Gasteiger partial charge in [-0.25, -0.2) is 0 Å². The van der Waals surface area contributed by atoms with Crippen LogP contribution in [-0.2, 0) is 4.79 Å². The maximum Gasteiger partial charge on any atom is 0.225 e. The standard InChI is InChI=1S/C16H32N2O/c1-4-18(13-16(2,3)12-17)15(19)14-10-8-6-5-7-9-11-14/h14H,4-13,17H2,1-3H3. The van der Waals surface area contributed by atoms with E-state index in [0.717, 1.165) is 25.9 Å². The van der Waals surface area contributed by atoms with Gasteiger partial charge in [0.05, 0.1) is 0 Å². The second kappa shape index (κ2) is 7.88. The summed E-state index contributed by atoms with van der Waals surface area (Å²) in [5, 5.41) is 0. The molecule has 3 nitrogen and oxygen atoms in total. The van der Waals surface area contributed by atoms with E-state index in [-0.39, 0.29) is 11.3 Å². The van der Waals surface area contributed by atoms with E-state index in [9.17, 15) is 4.79 Å². The Morgan fingerprint density at radius 2 is 1.68 bits per heavy atom. The maximum absolute atomic E-state index is 12.7. The molecule has 1 saturated carbocycles. The van der Waals surface area contributed by atoms with E-state index in [2.05, 4.69) is 20.8 Å². The summed E-state index contributed by atoms with van der Waals surface area (Å²) in [6, 6.07) is 0. The van der Waals surface area contributed by atoms with Crippen molar-refractivity contribution in [3.05, 3.63) is 0 Å². The molecule has 1 aliphatic carbocycles. The summed E-state index contributed by atoms with van der Waals surface area (Å²) in [5.74, 6) is 0.625. The van der Waals surface area contributed by atoms with E-state index in [0.29, 0.717) is 12.5 Å². The van der Waals surface area contributed by atoms with Crippen LogP contribution in [0.1, 0.15) is 65.7 Å². The number of rotatable bonds is 5. The SMILES string of the molecule is CCN(CC(C)(C)CN)C(=O)C1CCCCCCC1. The second-order valence-corrected chi connectivity index (χ2v) is 6.76. The van der Waals surface area contributed by atoms with Gasteiger partial charge in [-0.1, -0.05) is 46.0 Å². The fourth-order valence-corrected chi connectivity index (χ4v) is 2.89. The first kappa shape index (κ1) is 16.5. The zero-order chi connectivity index (χ0) is 14.3. The third-order valence-electron chi connectivity index (χ3n) is 4.32. The lowest BCUT2D eigenvalue weighted by Crippen LogP contribution is -2.44. The molecule has 0 bridgehead atoms. The largest absolute Gasteiger partial charge is 0.342 e. The summed E-state index contributed by atoms with van der Waals surface area (Å²) in [4.78, 5) is 14.7. The third-order valence-corrected chi connectivity index (χ3v) is 4.32. The molecule has 3 heteroatoms. The molecule has 2 N–H and O–H groups in total. The van der Waals surface area contributed by atoms with Gasteiger partial charge >= 0.3 is 0 Å². The number of carbonyl (C=O) groups excluding carboxylic acids is 1. The highest BCUT2D eigenvalue weighted by Crippen LogP contribution is 2.25. The van der Waals surface area contributed by atoms with Crippen LogP contribution in [0.2, 0.25) is 0 Å². The Morgan fingerprint density at radius 3 is 2.16 bits per heavy atom. The molecule has 0 aliphatic heterocycles. The van der Waals surface area contributed by atoms with Crippen molar-refractivity contribution in [3.63, 3.8) is 0 Å². The van der Waals surface area contributed by atoms with Crippen LogP contribution in [0.25, 0.3) is 0 Å². The highest BCUT2D eigenvalue weighted by Gasteiger charge is 2.27. The van der Waals surface area contributed by atoms with Crippen molar-refractivity contribution in [3.8, 4) is 0 Å². The summed E-state index contributed by atoms with van der Waals surface area (Å²) < 4.78 is 0. The van der Waals surface area contributed by atoms with Crippen molar-refractivity contribution < 1.29 is 4.79 Å². The minimum atomic E-state index is 0.0211. The van der Waals surface area contributed by atoms with E-state index in [1.807, 2.05) is 4.90 Å². The number of nitrogens with zero attached hydrogens (tertiary/aromatic N) is 1. The Morgan fingerprint density at radius 1 is 1.16 bits per heavy atom. The average Bonchev–Trinajstić information content (AvgIpc) is 2.35. The van der Waals surface area contributed by atoms with Gasteiger partial charge in [0.25, 0.3) is 0 Å². The second-order valence-electron chi connectivity index (χ2n) is 6.76. The van der Waals surface area contributed by atoms with Crippen molar-refractivity contribution in [2.75, 3.05) is 19.6 Å². The van der Waals surface area contributed by atoms with Gasteiger partial charge in [0.2, 0.25) is 5.91 Å². The quantitative estimate of drug-likeness (QED) is 0.832. The number of amides is 1. The molecule has 0 saturated heterocycles. The predicted molar refractivity (Wildman–Crippen MR) is 80.9 cm³/mol. The number of hydrogen-bond acceptors (Lipinski definition) is 2. The fraction of sp³-hybridized carbons (Fsp3) is 0.938. The molecule has 1 aliphatic rings. The van der Waals surface area contributed by atoms with Gasteiger partial charge < -0.3 is 10.6 Å². The molecule has 0 aromatic rings. The molecule has 0 atom stereocenters. The Kier molecular flexibility index (Phi) is 6.84. The lowest BCUT2D eigenvalue weighted by Gasteiger charge is -2.34. The van der Waals surface area contributed by atoms with Crippen molar-refractivity contribution in [2.24, 2.45) is 17.1 Å². The maximum atomic E-state index is 12.7. The van der Waals surface area contributed by atoms with Gasteiger partial charge in [0, 0.05) is 19.0 Å². The molecule has 0 spiro atoms. The first-order chi connectivity index (χ1) is 9.00. The fourth-order valence-electron chi connectivity index (χ4n) is 2.89. The predicted octanol–water partition coefficient (Wildman–Crippen LogP) is 3.18. The smallest absolute Gasteiger partial charge is 0.225 e. The summed E-state index contributed by atoms with van der Waals surface area (Å²) >= 11 is 0. The summed E-state index contributed by atoms with van der Waals surface area (Å²) in [5.41, 5.74) is 5.82. The summed E-state index contributed by atoms with van der Waals surface area (Å²) in [6.07, 6.45) is 8.53. The molecular formula is C16H32N2O. The Balaban J connectivity index is 2.60. The molecule has 0 aromatic heterocycles. The zero-order valence-corrected chi connectivity index (χ0v) is 13.1. The van der Waals surface area contributed by atoms with Crippen LogP contribution < -0.4 is 5.73 Å². The topological polar surface area (TPSA) is 46.3 Å². The summed E-state index contributed by atoms with van der Waals surface area (Å²) in [6.45, 7) is 8.57. The molecule has 112 valence electrons. The van der Waals surface area contributed by atoms with Crippen LogP contribution in [0, 0.1) is 11.3 Å². The first-order valence-electron chi connectivity index (χ1n) is 7.99. The van der Waals surface area contributed by atoms with Gasteiger partial charge in [0.1, 0.15) is 0 Å². The average molecular weight is 268 g/mol. The Hall–Kier alpha value is -0.570. The molecule has 1 rings (SSSR count). The number of nitrogens with two attached hydrogens (primary N) is 1. The molecule has 1 fully saturated rings. The van der Waals surface area contributed by atoms with Gasteiger partial charge in [-0.15, -0.1) is 0 Å². The highest BCUT2D eigenvalue weighted by atomic mass is 16.2. The monoisotopic (exact) mass is 268 g/mol. The van der Waals surface area contributed by atoms with E-state index in [1.165, 1.54) is 32.1 Å². The minimum Gasteiger partial charge on any atom is -0.342 e. The summed E-state index contributed by atoms with van der Waals surface area (Å²) in [7, 11) is 0. The lowest BCUT2D eigenvalue weighted by molar-refractivity contribution is -0.137. The normalized spacial score (nSPS) is 18.7. The first-order valence-corrected chi connectivity index (χ1v) is 7.99. The molecule has 0 heterocycles. The van der Waals surface area contributed by atoms with Crippen LogP contribution in [-0.4, -0.2) is 30.4 Å². The van der Waals surface area contributed by atoms with Gasteiger partial charge in [-0.3, -0.25) is 4.79 Å². The van der Waals surface area contributed by atoms with Crippen LogP contribution in [0.4, 0.5) is 0 Å². The molecule has 0 unspecified atom stereocenters. The number of hydrogen-bond donors (Lipinski definition) is 1. The highest BCUT2D eigenvalue weighted by molar-refractivity contribution is 5.78. The van der Waals surface area contributed by atoms with Crippen molar-refractivity contribution in [2.45, 2.75) is 65.7 Å².